The lowest BCUT2D eigenvalue weighted by Crippen LogP contribution is -2.04. The molecule has 1 aromatic heterocycles. The number of carbonyl (C=O) groups excluding carboxylic acids is 1. The Kier molecular flexibility index (Phi) is 2.52. The molecule has 94 valence electrons. The minimum absolute atomic E-state index is 0.0552. The number of hydrogen-bond donors (Lipinski definition) is 0. The number of rotatable bonds is 3. The minimum Gasteiger partial charge on any atom is -0.459 e. The van der Waals surface area contributed by atoms with Gasteiger partial charge >= 0.3 is 11.9 Å². The highest BCUT2D eigenvalue weighted by atomic mass is 16.5. The van der Waals surface area contributed by atoms with Gasteiger partial charge in [0.1, 0.15) is 0 Å². The summed E-state index contributed by atoms with van der Waals surface area (Å²) in [6.07, 6.45) is 0. The first-order valence-corrected chi connectivity index (χ1v) is 5.83. The fourth-order valence-corrected chi connectivity index (χ4v) is 2.44. The van der Waals surface area contributed by atoms with Gasteiger partial charge in [0.15, 0.2) is 0 Å². The molecule has 0 radical (unpaired) electrons. The van der Waals surface area contributed by atoms with Crippen LogP contribution in [-0.4, -0.2) is 22.8 Å². The largest absolute Gasteiger partial charge is 0.459 e. The smallest absolute Gasteiger partial charge is 0.396 e. The lowest BCUT2D eigenvalue weighted by molar-refractivity contribution is 0.0478. The van der Waals surface area contributed by atoms with E-state index in [0.717, 1.165) is 0 Å². The van der Waals surface area contributed by atoms with E-state index in [4.69, 9.17) is 9.15 Å². The van der Waals surface area contributed by atoms with Gasteiger partial charge in [-0.3, -0.25) is 0 Å². The molecule has 0 unspecified atom stereocenters. The molecular formula is C12H18N2O3. The summed E-state index contributed by atoms with van der Waals surface area (Å²) < 4.78 is 10.2. The van der Waals surface area contributed by atoms with Crippen LogP contribution in [0.2, 0.25) is 0 Å². The second-order valence-corrected chi connectivity index (χ2v) is 5.54. The Bertz CT molecular complexity index is 434. The van der Waals surface area contributed by atoms with Crippen molar-refractivity contribution >= 4 is 5.97 Å². The number of ether oxygens (including phenoxy) is 1. The molecule has 2 rings (SSSR count). The van der Waals surface area contributed by atoms with Crippen LogP contribution >= 0.6 is 0 Å². The van der Waals surface area contributed by atoms with Crippen molar-refractivity contribution in [3.8, 4) is 0 Å². The van der Waals surface area contributed by atoms with Crippen molar-refractivity contribution in [1.82, 2.24) is 10.2 Å². The maximum atomic E-state index is 11.4. The lowest BCUT2D eigenvalue weighted by Gasteiger charge is -2.03. The van der Waals surface area contributed by atoms with E-state index in [0.29, 0.717) is 12.5 Å². The summed E-state index contributed by atoms with van der Waals surface area (Å²) in [5.41, 5.74) is 0.233. The molecule has 1 aliphatic carbocycles. The highest BCUT2D eigenvalue weighted by Crippen LogP contribution is 2.73. The third-order valence-electron chi connectivity index (χ3n) is 4.16. The monoisotopic (exact) mass is 238 g/mol. The molecular weight excluding hydrogens is 220 g/mol. The van der Waals surface area contributed by atoms with Crippen LogP contribution in [0.3, 0.4) is 0 Å². The van der Waals surface area contributed by atoms with Gasteiger partial charge in [-0.25, -0.2) is 4.79 Å². The molecule has 5 heteroatoms. The van der Waals surface area contributed by atoms with Crippen LogP contribution in [-0.2, 0) is 4.74 Å². The number of esters is 1. The first kappa shape index (κ1) is 12.1. The molecule has 1 heterocycles. The van der Waals surface area contributed by atoms with Crippen molar-refractivity contribution in [2.45, 2.75) is 40.5 Å². The number of hydrogen-bond acceptors (Lipinski definition) is 5. The first-order valence-electron chi connectivity index (χ1n) is 5.83. The fraction of sp³-hybridized carbons (Fsp3) is 0.750. The molecule has 5 nitrogen and oxygen atoms in total. The van der Waals surface area contributed by atoms with Crippen molar-refractivity contribution in [3.63, 3.8) is 0 Å². The van der Waals surface area contributed by atoms with Crippen LogP contribution in [0.25, 0.3) is 0 Å². The molecule has 0 saturated heterocycles. The Labute approximate surface area is 101 Å². The normalized spacial score (nSPS) is 21.2. The predicted octanol–water partition coefficient (Wildman–Crippen LogP) is 2.40. The quantitative estimate of drug-likeness (QED) is 0.756. The van der Waals surface area contributed by atoms with Gasteiger partial charge in [0.2, 0.25) is 5.89 Å². The molecule has 0 atom stereocenters. The number of aromatic nitrogens is 2. The van der Waals surface area contributed by atoms with E-state index in [1.807, 2.05) is 0 Å². The van der Waals surface area contributed by atoms with Crippen LogP contribution in [0.5, 0.6) is 0 Å². The van der Waals surface area contributed by atoms with E-state index in [1.54, 1.807) is 6.92 Å². The summed E-state index contributed by atoms with van der Waals surface area (Å²) in [7, 11) is 0. The van der Waals surface area contributed by atoms with Crippen LogP contribution < -0.4 is 0 Å². The molecule has 1 aromatic rings. The third-order valence-corrected chi connectivity index (χ3v) is 4.16. The zero-order valence-corrected chi connectivity index (χ0v) is 10.9. The van der Waals surface area contributed by atoms with E-state index < -0.39 is 5.97 Å². The Morgan fingerprint density at radius 2 is 1.88 bits per heavy atom. The molecule has 0 spiro atoms. The number of nitrogens with zero attached hydrogens (tertiary/aromatic N) is 2. The zero-order chi connectivity index (χ0) is 12.8. The molecule has 0 aliphatic heterocycles. The third kappa shape index (κ3) is 1.64. The van der Waals surface area contributed by atoms with Gasteiger partial charge in [-0.2, -0.15) is 0 Å². The topological polar surface area (TPSA) is 65.2 Å². The molecule has 1 aliphatic rings. The van der Waals surface area contributed by atoms with Gasteiger partial charge in [0, 0.05) is 5.92 Å². The van der Waals surface area contributed by atoms with E-state index in [2.05, 4.69) is 37.9 Å². The molecule has 0 bridgehead atoms. The summed E-state index contributed by atoms with van der Waals surface area (Å²) in [4.78, 5) is 11.4. The Balaban J connectivity index is 2.19. The Morgan fingerprint density at radius 3 is 2.35 bits per heavy atom. The Hall–Kier alpha value is -1.39. The van der Waals surface area contributed by atoms with Gasteiger partial charge in [0.25, 0.3) is 0 Å². The summed E-state index contributed by atoms with van der Waals surface area (Å²) in [6, 6.07) is 0. The van der Waals surface area contributed by atoms with E-state index in [9.17, 15) is 4.79 Å². The van der Waals surface area contributed by atoms with E-state index >= 15 is 0 Å². The predicted molar refractivity (Wildman–Crippen MR) is 60.6 cm³/mol. The maximum absolute atomic E-state index is 11.4. The zero-order valence-electron chi connectivity index (χ0n) is 10.9. The molecule has 0 aromatic carbocycles. The average Bonchev–Trinajstić information content (AvgIpc) is 2.59. The average molecular weight is 238 g/mol. The van der Waals surface area contributed by atoms with Crippen LogP contribution in [0.1, 0.15) is 57.1 Å². The summed E-state index contributed by atoms with van der Waals surface area (Å²) >= 11 is 0. The first-order chi connectivity index (χ1) is 7.82. The minimum atomic E-state index is -0.553. The molecule has 0 N–H and O–H groups in total. The van der Waals surface area contributed by atoms with E-state index in [1.165, 1.54) is 0 Å². The molecule has 1 saturated carbocycles. The van der Waals surface area contributed by atoms with E-state index in [-0.39, 0.29) is 22.6 Å². The maximum Gasteiger partial charge on any atom is 0.396 e. The highest BCUT2D eigenvalue weighted by molar-refractivity contribution is 5.83. The second-order valence-electron chi connectivity index (χ2n) is 5.54. The SMILES string of the molecule is CCOC(=O)c1nnc(C2C(C)(C)C2(C)C)o1. The summed E-state index contributed by atoms with van der Waals surface area (Å²) in [5, 5.41) is 7.69. The van der Waals surface area contributed by atoms with Crippen molar-refractivity contribution in [2.24, 2.45) is 10.8 Å². The summed E-state index contributed by atoms with van der Waals surface area (Å²) in [6.45, 7) is 10.7. The highest BCUT2D eigenvalue weighted by Gasteiger charge is 2.67. The van der Waals surface area contributed by atoms with Crippen molar-refractivity contribution in [1.29, 1.82) is 0 Å². The molecule has 17 heavy (non-hydrogen) atoms. The summed E-state index contributed by atoms with van der Waals surface area (Å²) in [5.74, 6) is 0.122. The standard InChI is InChI=1S/C12H18N2O3/c1-6-16-10(15)9-14-13-8(17-9)7-11(2,3)12(7,4)5/h7H,6H2,1-5H3. The van der Waals surface area contributed by atoms with Crippen molar-refractivity contribution in [2.75, 3.05) is 6.61 Å². The van der Waals surface area contributed by atoms with Crippen LogP contribution in [0.15, 0.2) is 4.42 Å². The van der Waals surface area contributed by atoms with Crippen LogP contribution in [0.4, 0.5) is 0 Å². The van der Waals surface area contributed by atoms with Gasteiger partial charge in [0.05, 0.1) is 6.61 Å². The van der Waals surface area contributed by atoms with Gasteiger partial charge in [-0.1, -0.05) is 27.7 Å². The van der Waals surface area contributed by atoms with Crippen LogP contribution in [0, 0.1) is 10.8 Å². The molecule has 1 fully saturated rings. The number of carbonyl (C=O) groups is 1. The Morgan fingerprint density at radius 1 is 1.29 bits per heavy atom. The second kappa shape index (κ2) is 3.55. The molecule has 0 amide bonds. The van der Waals surface area contributed by atoms with Gasteiger partial charge in [-0.15, -0.1) is 10.2 Å². The van der Waals surface area contributed by atoms with Crippen molar-refractivity contribution < 1.29 is 13.9 Å². The van der Waals surface area contributed by atoms with Crippen molar-refractivity contribution in [3.05, 3.63) is 11.8 Å². The van der Waals surface area contributed by atoms with Gasteiger partial charge in [-0.05, 0) is 17.8 Å². The lowest BCUT2D eigenvalue weighted by atomic mass is 10.0. The fourth-order valence-electron chi connectivity index (χ4n) is 2.44. The van der Waals surface area contributed by atoms with Gasteiger partial charge < -0.3 is 9.15 Å².